The number of fused-ring (bicyclic) bond motifs is 1. The Balaban J connectivity index is 1.82. The molecule has 0 radical (unpaired) electrons. The molecule has 0 amide bonds. The van der Waals surface area contributed by atoms with Crippen LogP contribution < -0.4 is 4.90 Å². The van der Waals surface area contributed by atoms with Crippen molar-refractivity contribution in [2.24, 2.45) is 11.8 Å². The smallest absolute Gasteiger partial charge is 0.159 e. The lowest BCUT2D eigenvalue weighted by Gasteiger charge is -2.21. The van der Waals surface area contributed by atoms with Crippen molar-refractivity contribution in [2.45, 2.75) is 25.9 Å². The Hall–Kier alpha value is -1.42. The fourth-order valence-corrected chi connectivity index (χ4v) is 3.42. The third-order valence-electron chi connectivity index (χ3n) is 4.51. The van der Waals surface area contributed by atoms with Crippen LogP contribution >= 0.6 is 0 Å². The second-order valence-corrected chi connectivity index (χ2v) is 5.70. The summed E-state index contributed by atoms with van der Waals surface area (Å²) in [5.74, 6) is 0.273. The third-order valence-corrected chi connectivity index (χ3v) is 4.51. The van der Waals surface area contributed by atoms with Crippen LogP contribution in [-0.4, -0.2) is 30.1 Å². The lowest BCUT2D eigenvalue weighted by molar-refractivity contribution is 0.101. The molecule has 0 aromatic heterocycles. The van der Waals surface area contributed by atoms with Gasteiger partial charge < -0.3 is 10.0 Å². The Bertz CT molecular complexity index is 517. The SMILES string of the molecule is CC(=O)c1ccc(N2CC3CCC(O)C3C2)c(F)c1. The summed E-state index contributed by atoms with van der Waals surface area (Å²) in [6.45, 7) is 2.95. The van der Waals surface area contributed by atoms with Gasteiger partial charge in [-0.15, -0.1) is 0 Å². The highest BCUT2D eigenvalue weighted by Gasteiger charge is 2.42. The highest BCUT2D eigenvalue weighted by atomic mass is 19.1. The van der Waals surface area contributed by atoms with Crippen LogP contribution in [0, 0.1) is 17.7 Å². The van der Waals surface area contributed by atoms with Crippen LogP contribution in [0.2, 0.25) is 0 Å². The van der Waals surface area contributed by atoms with Crippen LogP contribution in [0.3, 0.4) is 0 Å². The highest BCUT2D eigenvalue weighted by Crippen LogP contribution is 2.40. The summed E-state index contributed by atoms with van der Waals surface area (Å²) in [6.07, 6.45) is 1.65. The van der Waals surface area contributed by atoms with Crippen molar-refractivity contribution < 1.29 is 14.3 Å². The summed E-state index contributed by atoms with van der Waals surface area (Å²) in [5, 5.41) is 9.89. The molecule has 2 aliphatic rings. The van der Waals surface area contributed by atoms with Crippen molar-refractivity contribution in [3.8, 4) is 0 Å². The van der Waals surface area contributed by atoms with E-state index in [1.54, 1.807) is 12.1 Å². The van der Waals surface area contributed by atoms with E-state index in [1.165, 1.54) is 13.0 Å². The Labute approximate surface area is 112 Å². The second-order valence-electron chi connectivity index (χ2n) is 5.70. The summed E-state index contributed by atoms with van der Waals surface area (Å²) >= 11 is 0. The molecule has 1 heterocycles. The standard InChI is InChI=1S/C15H18FNO2/c1-9(18)10-2-4-14(13(16)6-10)17-7-11-3-5-15(19)12(11)8-17/h2,4,6,11-12,15,19H,3,5,7-8H2,1H3. The maximum absolute atomic E-state index is 14.1. The van der Waals surface area contributed by atoms with Gasteiger partial charge in [-0.2, -0.15) is 0 Å². The minimum Gasteiger partial charge on any atom is -0.393 e. The van der Waals surface area contributed by atoms with Crippen molar-refractivity contribution in [3.63, 3.8) is 0 Å². The molecule has 1 aliphatic carbocycles. The number of benzene rings is 1. The first kappa shape index (κ1) is 12.6. The predicted molar refractivity (Wildman–Crippen MR) is 70.8 cm³/mol. The van der Waals surface area contributed by atoms with E-state index in [9.17, 15) is 14.3 Å². The quantitative estimate of drug-likeness (QED) is 0.832. The number of carbonyl (C=O) groups excluding carboxylic acids is 1. The third kappa shape index (κ3) is 2.14. The Kier molecular flexibility index (Phi) is 3.05. The van der Waals surface area contributed by atoms with Crippen LogP contribution in [0.4, 0.5) is 10.1 Å². The molecule has 4 heteroatoms. The van der Waals surface area contributed by atoms with Crippen LogP contribution in [-0.2, 0) is 0 Å². The zero-order valence-electron chi connectivity index (χ0n) is 11.0. The number of aliphatic hydroxyl groups is 1. The van der Waals surface area contributed by atoms with Crippen molar-refractivity contribution in [3.05, 3.63) is 29.6 Å². The molecule has 3 unspecified atom stereocenters. The molecule has 1 aromatic carbocycles. The number of rotatable bonds is 2. The van der Waals surface area contributed by atoms with Crippen molar-refractivity contribution >= 4 is 11.5 Å². The number of halogens is 1. The summed E-state index contributed by atoms with van der Waals surface area (Å²) in [4.78, 5) is 13.2. The number of ketones is 1. The van der Waals surface area contributed by atoms with Crippen LogP contribution in [0.1, 0.15) is 30.1 Å². The highest BCUT2D eigenvalue weighted by molar-refractivity contribution is 5.94. The first-order chi connectivity index (χ1) is 9.06. The molecule has 1 aliphatic heterocycles. The lowest BCUT2D eigenvalue weighted by Crippen LogP contribution is -2.25. The topological polar surface area (TPSA) is 40.5 Å². The number of aliphatic hydroxyl groups excluding tert-OH is 1. The Morgan fingerprint density at radius 2 is 2.16 bits per heavy atom. The average Bonchev–Trinajstić information content (AvgIpc) is 2.92. The monoisotopic (exact) mass is 263 g/mol. The number of Topliss-reactive ketones (excluding diaryl/α,β-unsaturated/α-hetero) is 1. The molecule has 0 bridgehead atoms. The molecule has 0 spiro atoms. The van der Waals surface area contributed by atoms with E-state index < -0.39 is 0 Å². The van der Waals surface area contributed by atoms with Crippen molar-refractivity contribution in [1.82, 2.24) is 0 Å². The van der Waals surface area contributed by atoms with Gasteiger partial charge in [0, 0.05) is 24.6 Å². The van der Waals surface area contributed by atoms with Crippen LogP contribution in [0.15, 0.2) is 18.2 Å². The zero-order chi connectivity index (χ0) is 13.6. The molecule has 102 valence electrons. The summed E-state index contributed by atoms with van der Waals surface area (Å²) in [6, 6.07) is 4.66. The van der Waals surface area contributed by atoms with Crippen molar-refractivity contribution in [1.29, 1.82) is 0 Å². The average molecular weight is 263 g/mol. The Morgan fingerprint density at radius 3 is 2.79 bits per heavy atom. The molecule has 1 saturated heterocycles. The van der Waals surface area contributed by atoms with E-state index >= 15 is 0 Å². The molecular formula is C15H18FNO2. The maximum atomic E-state index is 14.1. The number of anilines is 1. The van der Waals surface area contributed by atoms with Gasteiger partial charge in [-0.25, -0.2) is 4.39 Å². The molecule has 3 rings (SSSR count). The summed E-state index contributed by atoms with van der Waals surface area (Å²) in [5.41, 5.74) is 0.951. The molecule has 1 N–H and O–H groups in total. The largest absolute Gasteiger partial charge is 0.393 e. The second kappa shape index (κ2) is 4.60. The van der Waals surface area contributed by atoms with Crippen molar-refractivity contribution in [2.75, 3.05) is 18.0 Å². The molecule has 3 nitrogen and oxygen atoms in total. The van der Waals surface area contributed by atoms with E-state index in [0.717, 1.165) is 19.4 Å². The van der Waals surface area contributed by atoms with E-state index in [0.29, 0.717) is 23.7 Å². The van der Waals surface area contributed by atoms with Gasteiger partial charge in [0.2, 0.25) is 0 Å². The number of hydrogen-bond donors (Lipinski definition) is 1. The zero-order valence-corrected chi connectivity index (χ0v) is 11.0. The van der Waals surface area contributed by atoms with E-state index in [2.05, 4.69) is 0 Å². The minimum atomic E-state index is -0.345. The summed E-state index contributed by atoms with van der Waals surface area (Å²) in [7, 11) is 0. The fourth-order valence-electron chi connectivity index (χ4n) is 3.42. The van der Waals surface area contributed by atoms with Gasteiger partial charge in [-0.3, -0.25) is 4.79 Å². The molecule has 2 fully saturated rings. The van der Waals surface area contributed by atoms with Crippen LogP contribution in [0.25, 0.3) is 0 Å². The van der Waals surface area contributed by atoms with E-state index in [4.69, 9.17) is 0 Å². The van der Waals surface area contributed by atoms with Gasteiger partial charge in [-0.05, 0) is 43.9 Å². The number of carbonyl (C=O) groups is 1. The molecular weight excluding hydrogens is 245 g/mol. The van der Waals surface area contributed by atoms with E-state index in [1.807, 2.05) is 4.90 Å². The summed E-state index contributed by atoms with van der Waals surface area (Å²) < 4.78 is 14.1. The number of hydrogen-bond acceptors (Lipinski definition) is 3. The fraction of sp³-hybridized carbons (Fsp3) is 0.533. The van der Waals surface area contributed by atoms with Gasteiger partial charge in [0.25, 0.3) is 0 Å². The van der Waals surface area contributed by atoms with Gasteiger partial charge in [0.1, 0.15) is 5.82 Å². The maximum Gasteiger partial charge on any atom is 0.159 e. The molecule has 19 heavy (non-hydrogen) atoms. The van der Waals surface area contributed by atoms with Gasteiger partial charge in [-0.1, -0.05) is 0 Å². The molecule has 1 aromatic rings. The van der Waals surface area contributed by atoms with Crippen LogP contribution in [0.5, 0.6) is 0 Å². The predicted octanol–water partition coefficient (Wildman–Crippen LogP) is 2.24. The van der Waals surface area contributed by atoms with E-state index in [-0.39, 0.29) is 23.6 Å². The first-order valence-corrected chi connectivity index (χ1v) is 6.80. The molecule has 3 atom stereocenters. The Morgan fingerprint density at radius 1 is 1.37 bits per heavy atom. The lowest BCUT2D eigenvalue weighted by atomic mass is 10.00. The van der Waals surface area contributed by atoms with Gasteiger partial charge in [0.15, 0.2) is 5.78 Å². The number of nitrogens with zero attached hydrogens (tertiary/aromatic N) is 1. The minimum absolute atomic E-state index is 0.126. The van der Waals surface area contributed by atoms with Gasteiger partial charge >= 0.3 is 0 Å². The molecule has 1 saturated carbocycles. The van der Waals surface area contributed by atoms with Gasteiger partial charge in [0.05, 0.1) is 11.8 Å². The first-order valence-electron chi connectivity index (χ1n) is 6.80. The normalized spacial score (nSPS) is 29.6.